The van der Waals surface area contributed by atoms with Crippen molar-refractivity contribution in [3.8, 4) is 6.07 Å². The van der Waals surface area contributed by atoms with Gasteiger partial charge in [-0.3, -0.25) is 4.72 Å². The predicted molar refractivity (Wildman–Crippen MR) is 79.0 cm³/mol. The lowest BCUT2D eigenvalue weighted by molar-refractivity contribution is 0.603. The topological polar surface area (TPSA) is 70.0 Å². The number of nitrogens with one attached hydrogen (secondary N) is 1. The average molecular weight is 378 g/mol. The zero-order chi connectivity index (χ0) is 14.0. The van der Waals surface area contributed by atoms with Crippen LogP contribution in [0.2, 0.25) is 5.02 Å². The van der Waals surface area contributed by atoms with Gasteiger partial charge in [0, 0.05) is 4.47 Å². The summed E-state index contributed by atoms with van der Waals surface area (Å²) in [6.45, 7) is 0. The van der Waals surface area contributed by atoms with Gasteiger partial charge in [0.2, 0.25) is 0 Å². The van der Waals surface area contributed by atoms with Crippen LogP contribution in [0.25, 0.3) is 0 Å². The minimum atomic E-state index is -3.67. The Kier molecular flexibility index (Phi) is 4.16. The van der Waals surface area contributed by atoms with Crippen LogP contribution < -0.4 is 4.72 Å². The Morgan fingerprint density at radius 2 is 2.11 bits per heavy atom. The summed E-state index contributed by atoms with van der Waals surface area (Å²) >= 11 is 10.1. The van der Waals surface area contributed by atoms with Crippen molar-refractivity contribution in [3.63, 3.8) is 0 Å². The van der Waals surface area contributed by atoms with Crippen LogP contribution in [-0.4, -0.2) is 8.42 Å². The molecule has 1 heterocycles. The molecule has 19 heavy (non-hydrogen) atoms. The van der Waals surface area contributed by atoms with Crippen molar-refractivity contribution in [3.05, 3.63) is 44.7 Å². The fourth-order valence-electron chi connectivity index (χ4n) is 1.35. The maximum atomic E-state index is 12.1. The number of nitriles is 1. The molecule has 4 nitrogen and oxygen atoms in total. The summed E-state index contributed by atoms with van der Waals surface area (Å²) in [5.41, 5.74) is 0.508. The van der Waals surface area contributed by atoms with Gasteiger partial charge in [-0.05, 0) is 45.6 Å². The number of hydrogen-bond donors (Lipinski definition) is 1. The number of thiophene rings is 1. The molecule has 0 aliphatic carbocycles. The normalized spacial score (nSPS) is 11.0. The Bertz CT molecular complexity index is 765. The number of anilines is 1. The second-order valence-corrected chi connectivity index (χ2v) is 7.52. The molecule has 0 radical (unpaired) electrons. The Hall–Kier alpha value is -1.07. The first kappa shape index (κ1) is 14.3. The van der Waals surface area contributed by atoms with E-state index in [4.69, 9.17) is 16.9 Å². The zero-order valence-corrected chi connectivity index (χ0v) is 13.2. The largest absolute Gasteiger partial charge is 0.279 e. The quantitative estimate of drug-likeness (QED) is 0.883. The summed E-state index contributed by atoms with van der Waals surface area (Å²) < 4.78 is 27.3. The summed E-state index contributed by atoms with van der Waals surface area (Å²) in [6, 6.07) is 7.91. The van der Waals surface area contributed by atoms with E-state index in [1.807, 2.05) is 6.07 Å². The van der Waals surface area contributed by atoms with Crippen molar-refractivity contribution in [2.75, 3.05) is 4.72 Å². The van der Waals surface area contributed by atoms with Crippen molar-refractivity contribution < 1.29 is 8.42 Å². The van der Waals surface area contributed by atoms with E-state index in [0.29, 0.717) is 10.2 Å². The molecule has 0 aliphatic heterocycles. The zero-order valence-electron chi connectivity index (χ0n) is 9.22. The highest BCUT2D eigenvalue weighted by Crippen LogP contribution is 2.30. The summed E-state index contributed by atoms with van der Waals surface area (Å²) in [5.74, 6) is 0. The first-order chi connectivity index (χ1) is 8.94. The molecule has 8 heteroatoms. The monoisotopic (exact) mass is 376 g/mol. The third-order valence-corrected chi connectivity index (χ3v) is 6.55. The van der Waals surface area contributed by atoms with Gasteiger partial charge in [0.15, 0.2) is 4.21 Å². The SMILES string of the molecule is N#Cc1cc(NS(=O)(=O)c2sccc2Br)ccc1Cl. The van der Waals surface area contributed by atoms with E-state index in [1.54, 1.807) is 11.4 Å². The molecule has 0 amide bonds. The van der Waals surface area contributed by atoms with Crippen LogP contribution in [0.15, 0.2) is 38.3 Å². The fraction of sp³-hybridized carbons (Fsp3) is 0. The van der Waals surface area contributed by atoms with Crippen LogP contribution in [0.1, 0.15) is 5.56 Å². The maximum absolute atomic E-state index is 12.1. The van der Waals surface area contributed by atoms with Crippen LogP contribution in [0.5, 0.6) is 0 Å². The lowest BCUT2D eigenvalue weighted by atomic mass is 10.2. The second-order valence-electron chi connectivity index (χ2n) is 3.47. The van der Waals surface area contributed by atoms with Gasteiger partial charge >= 0.3 is 0 Å². The molecular weight excluding hydrogens is 372 g/mol. The van der Waals surface area contributed by atoms with Crippen LogP contribution in [0, 0.1) is 11.3 Å². The van der Waals surface area contributed by atoms with Gasteiger partial charge < -0.3 is 0 Å². The van der Waals surface area contributed by atoms with E-state index in [2.05, 4.69) is 20.7 Å². The molecule has 0 saturated heterocycles. The lowest BCUT2D eigenvalue weighted by Gasteiger charge is -2.07. The van der Waals surface area contributed by atoms with Crippen molar-refractivity contribution in [1.82, 2.24) is 0 Å². The average Bonchev–Trinajstić information content (AvgIpc) is 2.78. The smallest absolute Gasteiger partial charge is 0.272 e. The molecule has 98 valence electrons. The van der Waals surface area contributed by atoms with E-state index in [-0.39, 0.29) is 14.8 Å². The Labute approximate surface area is 127 Å². The minimum Gasteiger partial charge on any atom is -0.279 e. The highest BCUT2D eigenvalue weighted by molar-refractivity contribution is 9.10. The molecule has 0 aliphatic rings. The summed E-state index contributed by atoms with van der Waals surface area (Å²) in [7, 11) is -3.67. The van der Waals surface area contributed by atoms with Crippen LogP contribution in [0.4, 0.5) is 5.69 Å². The Morgan fingerprint density at radius 1 is 1.37 bits per heavy atom. The van der Waals surface area contributed by atoms with E-state index in [1.165, 1.54) is 18.2 Å². The Morgan fingerprint density at radius 3 is 2.68 bits per heavy atom. The Balaban J connectivity index is 2.37. The van der Waals surface area contributed by atoms with E-state index in [0.717, 1.165) is 11.3 Å². The fourth-order valence-corrected chi connectivity index (χ4v) is 4.90. The summed E-state index contributed by atoms with van der Waals surface area (Å²) in [5, 5.41) is 10.8. The van der Waals surface area contributed by atoms with Gasteiger partial charge in [0.05, 0.1) is 16.3 Å². The van der Waals surface area contributed by atoms with Gasteiger partial charge in [-0.15, -0.1) is 11.3 Å². The van der Waals surface area contributed by atoms with Gasteiger partial charge in [-0.25, -0.2) is 8.42 Å². The molecule has 1 N–H and O–H groups in total. The highest BCUT2D eigenvalue weighted by atomic mass is 79.9. The van der Waals surface area contributed by atoms with E-state index >= 15 is 0 Å². The maximum Gasteiger partial charge on any atom is 0.272 e. The number of benzene rings is 1. The standard InChI is InChI=1S/C11H6BrClN2O2S2/c12-9-3-4-18-11(9)19(16,17)15-8-1-2-10(13)7(5-8)6-14/h1-5,15H. The molecule has 1 aromatic carbocycles. The lowest BCUT2D eigenvalue weighted by Crippen LogP contribution is -2.12. The first-order valence-corrected chi connectivity index (χ1v) is 8.43. The molecule has 0 unspecified atom stereocenters. The number of nitrogens with zero attached hydrogens (tertiary/aromatic N) is 1. The molecule has 0 saturated carbocycles. The van der Waals surface area contributed by atoms with Gasteiger partial charge in [0.1, 0.15) is 6.07 Å². The summed E-state index contributed by atoms with van der Waals surface area (Å²) in [6.07, 6.45) is 0. The molecular formula is C11H6BrClN2O2S2. The van der Waals surface area contributed by atoms with Gasteiger partial charge in [0.25, 0.3) is 10.0 Å². The minimum absolute atomic E-state index is 0.181. The van der Waals surface area contributed by atoms with Crippen LogP contribution in [0.3, 0.4) is 0 Å². The highest BCUT2D eigenvalue weighted by Gasteiger charge is 2.19. The second kappa shape index (κ2) is 5.51. The van der Waals surface area contributed by atoms with Crippen molar-refractivity contribution in [2.24, 2.45) is 0 Å². The van der Waals surface area contributed by atoms with Gasteiger partial charge in [-0.2, -0.15) is 5.26 Å². The molecule has 0 fully saturated rings. The predicted octanol–water partition coefficient (Wildman–Crippen LogP) is 3.84. The molecule has 0 atom stereocenters. The van der Waals surface area contributed by atoms with E-state index in [9.17, 15) is 8.42 Å². The van der Waals surface area contributed by atoms with Crippen LogP contribution >= 0.6 is 38.9 Å². The van der Waals surface area contributed by atoms with Crippen molar-refractivity contribution in [2.45, 2.75) is 4.21 Å². The number of rotatable bonds is 3. The molecule has 1 aromatic heterocycles. The van der Waals surface area contributed by atoms with E-state index < -0.39 is 10.0 Å². The van der Waals surface area contributed by atoms with Crippen molar-refractivity contribution in [1.29, 1.82) is 5.26 Å². The molecule has 2 aromatic rings. The molecule has 0 spiro atoms. The first-order valence-electron chi connectivity index (χ1n) is 4.89. The van der Waals surface area contributed by atoms with Crippen LogP contribution in [-0.2, 0) is 10.0 Å². The van der Waals surface area contributed by atoms with Crippen molar-refractivity contribution >= 4 is 54.6 Å². The third kappa shape index (κ3) is 3.09. The summed E-state index contributed by atoms with van der Waals surface area (Å²) in [4.78, 5) is 0. The molecule has 0 bridgehead atoms. The third-order valence-electron chi connectivity index (χ3n) is 2.17. The van der Waals surface area contributed by atoms with Gasteiger partial charge in [-0.1, -0.05) is 11.6 Å². The number of hydrogen-bond acceptors (Lipinski definition) is 4. The molecule has 2 rings (SSSR count). The number of halogens is 2. The number of sulfonamides is 1.